The summed E-state index contributed by atoms with van der Waals surface area (Å²) in [5.41, 5.74) is 0. The van der Waals surface area contributed by atoms with Crippen molar-refractivity contribution in [3.8, 4) is 6.07 Å². The molecule has 3 rings (SSSR count). The van der Waals surface area contributed by atoms with Crippen LogP contribution < -0.4 is 10.2 Å². The Bertz CT molecular complexity index is 471. The minimum absolute atomic E-state index is 0.350. The van der Waals surface area contributed by atoms with Crippen molar-refractivity contribution in [1.29, 1.82) is 5.26 Å². The number of hydrogen-bond acceptors (Lipinski definition) is 5. The van der Waals surface area contributed by atoms with E-state index >= 15 is 0 Å². The monoisotopic (exact) mass is 282 g/mol. The van der Waals surface area contributed by atoms with Crippen molar-refractivity contribution in [2.45, 2.75) is 37.8 Å². The molecule has 18 heavy (non-hydrogen) atoms. The summed E-state index contributed by atoms with van der Waals surface area (Å²) in [6.07, 6.45) is 4.94. The van der Waals surface area contributed by atoms with Gasteiger partial charge in [0.15, 0.2) is 10.3 Å². The summed E-state index contributed by atoms with van der Waals surface area (Å²) >= 11 is 7.38. The van der Waals surface area contributed by atoms with Gasteiger partial charge in [0.25, 0.3) is 0 Å². The molecular weight excluding hydrogens is 268 g/mol. The predicted octanol–water partition coefficient (Wildman–Crippen LogP) is 2.39. The molecule has 96 valence electrons. The average molecular weight is 283 g/mol. The van der Waals surface area contributed by atoms with Crippen LogP contribution in [-0.4, -0.2) is 30.2 Å². The zero-order valence-electron chi connectivity index (χ0n) is 10.0. The van der Waals surface area contributed by atoms with E-state index in [2.05, 4.69) is 21.3 Å². The van der Waals surface area contributed by atoms with E-state index in [1.807, 2.05) is 0 Å². The standard InChI is InChI=1S/C12H15ClN4S/c13-11-10(6-14)18-12(16-11)17(9-3-4-9)7-8-2-1-5-15-8/h8-9,15H,1-5,7H2. The van der Waals surface area contributed by atoms with Gasteiger partial charge >= 0.3 is 0 Å². The van der Waals surface area contributed by atoms with Crippen molar-refractivity contribution < 1.29 is 0 Å². The molecule has 1 saturated carbocycles. The van der Waals surface area contributed by atoms with Crippen molar-refractivity contribution in [3.05, 3.63) is 10.0 Å². The summed E-state index contributed by atoms with van der Waals surface area (Å²) in [5, 5.41) is 13.7. The Labute approximate surface area is 116 Å². The number of anilines is 1. The highest BCUT2D eigenvalue weighted by molar-refractivity contribution is 7.16. The first-order valence-corrected chi connectivity index (χ1v) is 7.54. The van der Waals surface area contributed by atoms with Gasteiger partial charge in [-0.2, -0.15) is 5.26 Å². The summed E-state index contributed by atoms with van der Waals surface area (Å²) in [6.45, 7) is 2.10. The molecule has 2 aliphatic rings. The van der Waals surface area contributed by atoms with Crippen molar-refractivity contribution >= 4 is 28.1 Å². The number of nitriles is 1. The lowest BCUT2D eigenvalue weighted by Crippen LogP contribution is -2.38. The summed E-state index contributed by atoms with van der Waals surface area (Å²) in [4.78, 5) is 7.20. The zero-order valence-corrected chi connectivity index (χ0v) is 11.6. The Balaban J connectivity index is 1.77. The van der Waals surface area contributed by atoms with Crippen LogP contribution in [0.1, 0.15) is 30.6 Å². The van der Waals surface area contributed by atoms with Gasteiger partial charge in [0.05, 0.1) is 0 Å². The van der Waals surface area contributed by atoms with Crippen LogP contribution in [0.15, 0.2) is 0 Å². The fraction of sp³-hybridized carbons (Fsp3) is 0.667. The third-order valence-corrected chi connectivity index (χ3v) is 4.87. The molecule has 0 aromatic carbocycles. The van der Waals surface area contributed by atoms with Crippen LogP contribution in [0.2, 0.25) is 5.15 Å². The normalized spacial score (nSPS) is 23.0. The molecule has 0 spiro atoms. The maximum absolute atomic E-state index is 8.96. The predicted molar refractivity (Wildman–Crippen MR) is 73.2 cm³/mol. The van der Waals surface area contributed by atoms with Crippen LogP contribution in [0.4, 0.5) is 5.13 Å². The van der Waals surface area contributed by atoms with Gasteiger partial charge in [-0.1, -0.05) is 22.9 Å². The van der Waals surface area contributed by atoms with Gasteiger partial charge in [-0.3, -0.25) is 0 Å². The highest BCUT2D eigenvalue weighted by Gasteiger charge is 2.33. The van der Waals surface area contributed by atoms with Crippen LogP contribution in [0.25, 0.3) is 0 Å². The molecule has 1 aromatic heterocycles. The lowest BCUT2D eigenvalue weighted by atomic mass is 10.2. The maximum Gasteiger partial charge on any atom is 0.188 e. The van der Waals surface area contributed by atoms with Crippen LogP contribution >= 0.6 is 22.9 Å². The molecule has 1 aliphatic carbocycles. The van der Waals surface area contributed by atoms with Gasteiger partial charge in [-0.05, 0) is 32.2 Å². The van der Waals surface area contributed by atoms with Gasteiger partial charge in [0.2, 0.25) is 0 Å². The molecule has 0 amide bonds. The number of halogens is 1. The fourth-order valence-corrected chi connectivity index (χ4v) is 3.53. The van der Waals surface area contributed by atoms with E-state index in [9.17, 15) is 0 Å². The van der Waals surface area contributed by atoms with Crippen molar-refractivity contribution in [1.82, 2.24) is 10.3 Å². The lowest BCUT2D eigenvalue weighted by molar-refractivity contribution is 0.578. The molecule has 0 radical (unpaired) electrons. The van der Waals surface area contributed by atoms with Crippen LogP contribution in [0, 0.1) is 11.3 Å². The number of aromatic nitrogens is 1. The molecule has 2 heterocycles. The SMILES string of the molecule is N#Cc1sc(N(CC2CCCN2)C2CC2)nc1Cl. The molecule has 6 heteroatoms. The summed E-state index contributed by atoms with van der Waals surface area (Å²) < 4.78 is 0. The summed E-state index contributed by atoms with van der Waals surface area (Å²) in [6, 6.07) is 3.26. The first-order chi connectivity index (χ1) is 8.78. The Hall–Kier alpha value is -0.830. The first kappa shape index (κ1) is 12.2. The summed E-state index contributed by atoms with van der Waals surface area (Å²) in [7, 11) is 0. The van der Waals surface area contributed by atoms with Gasteiger partial charge in [-0.25, -0.2) is 4.98 Å². The number of hydrogen-bond donors (Lipinski definition) is 1. The lowest BCUT2D eigenvalue weighted by Gasteiger charge is -2.25. The van der Waals surface area contributed by atoms with E-state index in [1.54, 1.807) is 0 Å². The molecular formula is C12H15ClN4S. The largest absolute Gasteiger partial charge is 0.343 e. The number of rotatable bonds is 4. The van der Waals surface area contributed by atoms with E-state index in [-0.39, 0.29) is 0 Å². The van der Waals surface area contributed by atoms with E-state index in [0.29, 0.717) is 22.1 Å². The average Bonchev–Trinajstić information content (AvgIpc) is 2.94. The van der Waals surface area contributed by atoms with Crippen LogP contribution in [-0.2, 0) is 0 Å². The number of nitrogens with zero attached hydrogens (tertiary/aromatic N) is 3. The van der Waals surface area contributed by atoms with Gasteiger partial charge in [0.1, 0.15) is 10.9 Å². The van der Waals surface area contributed by atoms with E-state index in [4.69, 9.17) is 16.9 Å². The Morgan fingerprint density at radius 3 is 2.89 bits per heavy atom. The second-order valence-corrected chi connectivity index (χ2v) is 6.24. The molecule has 4 nitrogen and oxygen atoms in total. The molecule has 1 aromatic rings. The van der Waals surface area contributed by atoms with E-state index < -0.39 is 0 Å². The molecule has 1 N–H and O–H groups in total. The van der Waals surface area contributed by atoms with Crippen LogP contribution in [0.3, 0.4) is 0 Å². The molecule has 0 bridgehead atoms. The minimum atomic E-state index is 0.350. The third-order valence-electron chi connectivity index (χ3n) is 3.49. The third kappa shape index (κ3) is 2.46. The Kier molecular flexibility index (Phi) is 3.42. The first-order valence-electron chi connectivity index (χ1n) is 6.34. The molecule has 1 unspecified atom stereocenters. The zero-order chi connectivity index (χ0) is 12.5. The van der Waals surface area contributed by atoms with Gasteiger partial charge in [-0.15, -0.1) is 0 Å². The molecule has 2 fully saturated rings. The topological polar surface area (TPSA) is 52.0 Å². The van der Waals surface area contributed by atoms with Crippen molar-refractivity contribution in [3.63, 3.8) is 0 Å². The quantitative estimate of drug-likeness (QED) is 0.921. The number of thiazole rings is 1. The van der Waals surface area contributed by atoms with Gasteiger partial charge in [0, 0.05) is 18.6 Å². The van der Waals surface area contributed by atoms with E-state index in [1.165, 1.54) is 37.0 Å². The van der Waals surface area contributed by atoms with Crippen LogP contribution in [0.5, 0.6) is 0 Å². The minimum Gasteiger partial charge on any atom is -0.343 e. The Morgan fingerprint density at radius 1 is 1.50 bits per heavy atom. The smallest absolute Gasteiger partial charge is 0.188 e. The van der Waals surface area contributed by atoms with Crippen molar-refractivity contribution in [2.24, 2.45) is 0 Å². The maximum atomic E-state index is 8.96. The highest BCUT2D eigenvalue weighted by atomic mass is 35.5. The summed E-state index contributed by atoms with van der Waals surface area (Å²) in [5.74, 6) is 0. The van der Waals surface area contributed by atoms with Gasteiger partial charge < -0.3 is 10.2 Å². The second kappa shape index (κ2) is 5.04. The molecule has 1 saturated heterocycles. The highest BCUT2D eigenvalue weighted by Crippen LogP contribution is 2.36. The van der Waals surface area contributed by atoms with Crippen molar-refractivity contribution in [2.75, 3.05) is 18.0 Å². The Morgan fingerprint density at radius 2 is 2.33 bits per heavy atom. The second-order valence-electron chi connectivity index (χ2n) is 4.90. The fourth-order valence-electron chi connectivity index (χ4n) is 2.40. The van der Waals surface area contributed by atoms with E-state index in [0.717, 1.165) is 18.2 Å². The molecule has 1 atom stereocenters. The number of nitrogens with one attached hydrogen (secondary N) is 1. The molecule has 1 aliphatic heterocycles.